The van der Waals surface area contributed by atoms with Crippen molar-refractivity contribution >= 4 is 10.0 Å². The van der Waals surface area contributed by atoms with Gasteiger partial charge in [-0.3, -0.25) is 4.90 Å². The Hall–Kier alpha value is -2.00. The molecule has 8 heteroatoms. The van der Waals surface area contributed by atoms with Crippen LogP contribution in [0.25, 0.3) is 0 Å². The number of halogens is 1. The Morgan fingerprint density at radius 1 is 1.22 bits per heavy atom. The molecular formula is C19H23FN2O4S. The van der Waals surface area contributed by atoms with Gasteiger partial charge in [-0.25, -0.2) is 17.5 Å². The molecule has 0 amide bonds. The first kappa shape index (κ1) is 19.8. The van der Waals surface area contributed by atoms with E-state index < -0.39 is 15.8 Å². The lowest BCUT2D eigenvalue weighted by Crippen LogP contribution is -2.37. The Kier molecular flexibility index (Phi) is 6.43. The maximum absolute atomic E-state index is 13.3. The van der Waals surface area contributed by atoms with Gasteiger partial charge in [0.05, 0.1) is 11.5 Å². The summed E-state index contributed by atoms with van der Waals surface area (Å²) in [6.45, 7) is 2.32. The molecule has 2 aromatic rings. The third-order valence-corrected chi connectivity index (χ3v) is 5.91. The van der Waals surface area contributed by atoms with Crippen LogP contribution in [-0.2, 0) is 16.6 Å². The summed E-state index contributed by atoms with van der Waals surface area (Å²) in [5.74, 6) is 0.132. The van der Waals surface area contributed by atoms with E-state index in [1.807, 2.05) is 24.3 Å². The van der Waals surface area contributed by atoms with Crippen LogP contribution in [-0.4, -0.2) is 50.8 Å². The van der Waals surface area contributed by atoms with E-state index in [2.05, 4.69) is 9.62 Å². The molecule has 3 rings (SSSR count). The molecule has 2 aromatic carbocycles. The SMILES string of the molecule is O=S(=O)(N[C@H]1CCN(Cc2ccc(OCCO)cc2)C1)c1cccc(F)c1. The normalized spacial score (nSPS) is 17.9. The molecule has 1 heterocycles. The molecule has 1 saturated heterocycles. The van der Waals surface area contributed by atoms with Gasteiger partial charge in [-0.15, -0.1) is 0 Å². The number of aliphatic hydroxyl groups is 1. The number of benzene rings is 2. The topological polar surface area (TPSA) is 78.9 Å². The fraction of sp³-hybridized carbons (Fsp3) is 0.368. The number of aliphatic hydroxyl groups excluding tert-OH is 1. The smallest absolute Gasteiger partial charge is 0.240 e. The van der Waals surface area contributed by atoms with Gasteiger partial charge in [-0.1, -0.05) is 18.2 Å². The molecule has 0 spiro atoms. The van der Waals surface area contributed by atoms with Crippen molar-refractivity contribution in [2.75, 3.05) is 26.3 Å². The second kappa shape index (κ2) is 8.79. The van der Waals surface area contributed by atoms with Gasteiger partial charge in [0.25, 0.3) is 0 Å². The summed E-state index contributed by atoms with van der Waals surface area (Å²) in [5, 5.41) is 8.76. The molecule has 0 unspecified atom stereocenters. The van der Waals surface area contributed by atoms with Crippen LogP contribution >= 0.6 is 0 Å². The third-order valence-electron chi connectivity index (χ3n) is 4.39. The van der Waals surface area contributed by atoms with Crippen molar-refractivity contribution in [3.05, 3.63) is 59.9 Å². The van der Waals surface area contributed by atoms with Crippen LogP contribution in [0.2, 0.25) is 0 Å². The Labute approximate surface area is 158 Å². The van der Waals surface area contributed by atoms with Crippen LogP contribution in [0.5, 0.6) is 5.75 Å². The fourth-order valence-electron chi connectivity index (χ4n) is 3.11. The molecule has 1 atom stereocenters. The zero-order valence-corrected chi connectivity index (χ0v) is 15.7. The molecule has 1 aliphatic heterocycles. The van der Waals surface area contributed by atoms with Crippen LogP contribution in [0.4, 0.5) is 4.39 Å². The standard InChI is InChI=1S/C19H23FN2O4S/c20-16-2-1-3-19(12-16)27(24,25)21-17-8-9-22(14-17)13-15-4-6-18(7-5-15)26-11-10-23/h1-7,12,17,21,23H,8-11,13-14H2/t17-/m0/s1. The molecule has 2 N–H and O–H groups in total. The number of likely N-dealkylation sites (tertiary alicyclic amines) is 1. The molecule has 27 heavy (non-hydrogen) atoms. The van der Waals surface area contributed by atoms with Gasteiger partial charge in [-0.05, 0) is 42.3 Å². The van der Waals surface area contributed by atoms with E-state index in [0.29, 0.717) is 25.3 Å². The highest BCUT2D eigenvalue weighted by molar-refractivity contribution is 7.89. The van der Waals surface area contributed by atoms with Gasteiger partial charge in [0, 0.05) is 25.7 Å². The van der Waals surface area contributed by atoms with Crippen LogP contribution in [0.1, 0.15) is 12.0 Å². The van der Waals surface area contributed by atoms with Crippen molar-refractivity contribution in [2.24, 2.45) is 0 Å². The Bertz CT molecular complexity index is 858. The first-order valence-electron chi connectivity index (χ1n) is 8.79. The lowest BCUT2D eigenvalue weighted by atomic mass is 10.2. The van der Waals surface area contributed by atoms with E-state index in [9.17, 15) is 12.8 Å². The summed E-state index contributed by atoms with van der Waals surface area (Å²) in [6.07, 6.45) is 0.701. The minimum absolute atomic E-state index is 0.0253. The summed E-state index contributed by atoms with van der Waals surface area (Å²) >= 11 is 0. The summed E-state index contributed by atoms with van der Waals surface area (Å²) < 4.78 is 46.1. The van der Waals surface area contributed by atoms with E-state index in [0.717, 1.165) is 18.2 Å². The summed E-state index contributed by atoms with van der Waals surface area (Å²) in [4.78, 5) is 2.11. The molecule has 6 nitrogen and oxygen atoms in total. The fourth-order valence-corrected chi connectivity index (χ4v) is 4.40. The third kappa shape index (κ3) is 5.49. The number of sulfonamides is 1. The predicted octanol–water partition coefficient (Wildman–Crippen LogP) is 1.75. The molecule has 146 valence electrons. The number of rotatable bonds is 8. The maximum Gasteiger partial charge on any atom is 0.240 e. The molecule has 0 aromatic heterocycles. The average molecular weight is 394 g/mol. The lowest BCUT2D eigenvalue weighted by molar-refractivity contribution is 0.201. The highest BCUT2D eigenvalue weighted by Crippen LogP contribution is 2.19. The van der Waals surface area contributed by atoms with Crippen LogP contribution in [0.3, 0.4) is 0 Å². The quantitative estimate of drug-likeness (QED) is 0.713. The molecule has 0 aliphatic carbocycles. The van der Waals surface area contributed by atoms with Crippen LogP contribution in [0.15, 0.2) is 53.4 Å². The summed E-state index contributed by atoms with van der Waals surface area (Å²) in [7, 11) is -3.73. The van der Waals surface area contributed by atoms with E-state index in [1.165, 1.54) is 18.2 Å². The van der Waals surface area contributed by atoms with Crippen molar-refractivity contribution in [3.63, 3.8) is 0 Å². The number of nitrogens with one attached hydrogen (secondary N) is 1. The van der Waals surface area contributed by atoms with Gasteiger partial charge in [0.15, 0.2) is 0 Å². The zero-order valence-electron chi connectivity index (χ0n) is 14.8. The van der Waals surface area contributed by atoms with Gasteiger partial charge in [0.2, 0.25) is 10.0 Å². The van der Waals surface area contributed by atoms with E-state index in [1.54, 1.807) is 0 Å². The van der Waals surface area contributed by atoms with Crippen molar-refractivity contribution in [3.8, 4) is 5.75 Å². The van der Waals surface area contributed by atoms with Crippen molar-refractivity contribution in [1.29, 1.82) is 0 Å². The first-order valence-corrected chi connectivity index (χ1v) is 10.3. The predicted molar refractivity (Wildman–Crippen MR) is 99.4 cm³/mol. The largest absolute Gasteiger partial charge is 0.491 e. The minimum Gasteiger partial charge on any atom is -0.491 e. The Morgan fingerprint density at radius 2 is 2.00 bits per heavy atom. The highest BCUT2D eigenvalue weighted by Gasteiger charge is 2.27. The molecule has 1 aliphatic rings. The summed E-state index contributed by atoms with van der Waals surface area (Å²) in [6, 6.07) is 12.4. The van der Waals surface area contributed by atoms with Gasteiger partial charge < -0.3 is 9.84 Å². The van der Waals surface area contributed by atoms with E-state index in [4.69, 9.17) is 9.84 Å². The van der Waals surface area contributed by atoms with Crippen molar-refractivity contribution < 1.29 is 22.7 Å². The van der Waals surface area contributed by atoms with Crippen molar-refractivity contribution in [1.82, 2.24) is 9.62 Å². The van der Waals surface area contributed by atoms with Gasteiger partial charge in [0.1, 0.15) is 18.2 Å². The van der Waals surface area contributed by atoms with Crippen LogP contribution in [0, 0.1) is 5.82 Å². The number of hydrogen-bond acceptors (Lipinski definition) is 5. The second-order valence-electron chi connectivity index (χ2n) is 6.52. The average Bonchev–Trinajstić information content (AvgIpc) is 3.07. The molecular weight excluding hydrogens is 371 g/mol. The van der Waals surface area contributed by atoms with Gasteiger partial charge >= 0.3 is 0 Å². The van der Waals surface area contributed by atoms with Crippen LogP contribution < -0.4 is 9.46 Å². The second-order valence-corrected chi connectivity index (χ2v) is 8.23. The molecule has 0 saturated carbocycles. The Morgan fingerprint density at radius 3 is 2.70 bits per heavy atom. The molecule has 0 radical (unpaired) electrons. The lowest BCUT2D eigenvalue weighted by Gasteiger charge is -2.17. The first-order chi connectivity index (χ1) is 13.0. The monoisotopic (exact) mass is 394 g/mol. The highest BCUT2D eigenvalue weighted by atomic mass is 32.2. The maximum atomic E-state index is 13.3. The van der Waals surface area contributed by atoms with E-state index in [-0.39, 0.29) is 24.2 Å². The van der Waals surface area contributed by atoms with Crippen molar-refractivity contribution in [2.45, 2.75) is 23.9 Å². The molecule has 1 fully saturated rings. The minimum atomic E-state index is -3.73. The number of ether oxygens (including phenoxy) is 1. The molecule has 0 bridgehead atoms. The Balaban J connectivity index is 1.54. The number of hydrogen-bond donors (Lipinski definition) is 2. The zero-order chi connectivity index (χ0) is 19.3. The number of nitrogens with zero attached hydrogens (tertiary/aromatic N) is 1. The summed E-state index contributed by atoms with van der Waals surface area (Å²) in [5.41, 5.74) is 1.10. The van der Waals surface area contributed by atoms with Gasteiger partial charge in [-0.2, -0.15) is 0 Å². The van der Waals surface area contributed by atoms with E-state index >= 15 is 0 Å².